The topological polar surface area (TPSA) is 82.7 Å². The molecule has 0 aliphatic rings. The van der Waals surface area contributed by atoms with Crippen LogP contribution in [0.5, 0.6) is 0 Å². The van der Waals surface area contributed by atoms with E-state index in [1.165, 1.54) is 0 Å². The SMILES string of the molecule is Cc1cc(N[C@@H](CO)[C@@H](O)c2ccccc2)n2nc(C)c(C)c2n1. The molecule has 0 bridgehead atoms. The van der Waals surface area contributed by atoms with Crippen LogP contribution in [0.15, 0.2) is 36.4 Å². The van der Waals surface area contributed by atoms with Crippen molar-refractivity contribution in [2.75, 3.05) is 11.9 Å². The second-order valence-corrected chi connectivity index (χ2v) is 6.02. The highest BCUT2D eigenvalue weighted by Crippen LogP contribution is 2.23. The molecule has 0 spiro atoms. The van der Waals surface area contributed by atoms with Gasteiger partial charge in [0.25, 0.3) is 0 Å². The Morgan fingerprint density at radius 2 is 1.88 bits per heavy atom. The van der Waals surface area contributed by atoms with Crippen molar-refractivity contribution in [1.29, 1.82) is 0 Å². The van der Waals surface area contributed by atoms with E-state index >= 15 is 0 Å². The predicted molar refractivity (Wildman–Crippen MR) is 93.1 cm³/mol. The Balaban J connectivity index is 1.97. The molecule has 0 saturated carbocycles. The minimum absolute atomic E-state index is 0.210. The molecule has 126 valence electrons. The lowest BCUT2D eigenvalue weighted by atomic mass is 10.0. The number of anilines is 1. The van der Waals surface area contributed by atoms with Gasteiger partial charge in [-0.1, -0.05) is 30.3 Å². The summed E-state index contributed by atoms with van der Waals surface area (Å²) in [6, 6.07) is 10.6. The van der Waals surface area contributed by atoms with Crippen LogP contribution in [0, 0.1) is 20.8 Å². The van der Waals surface area contributed by atoms with Gasteiger partial charge in [0.1, 0.15) is 11.9 Å². The number of hydrogen-bond donors (Lipinski definition) is 3. The first-order valence-electron chi connectivity index (χ1n) is 7.95. The molecule has 1 aromatic carbocycles. The second-order valence-electron chi connectivity index (χ2n) is 6.02. The Labute approximate surface area is 140 Å². The van der Waals surface area contributed by atoms with Crippen molar-refractivity contribution in [3.63, 3.8) is 0 Å². The van der Waals surface area contributed by atoms with E-state index < -0.39 is 12.1 Å². The summed E-state index contributed by atoms with van der Waals surface area (Å²) in [6.07, 6.45) is -0.836. The van der Waals surface area contributed by atoms with E-state index in [4.69, 9.17) is 0 Å². The van der Waals surface area contributed by atoms with Gasteiger partial charge < -0.3 is 15.5 Å². The quantitative estimate of drug-likeness (QED) is 0.669. The van der Waals surface area contributed by atoms with Gasteiger partial charge in [0.15, 0.2) is 5.65 Å². The summed E-state index contributed by atoms with van der Waals surface area (Å²) in [5.41, 5.74) is 4.30. The first-order chi connectivity index (χ1) is 11.5. The summed E-state index contributed by atoms with van der Waals surface area (Å²) in [5.74, 6) is 0.697. The van der Waals surface area contributed by atoms with Crippen LogP contribution in [0.1, 0.15) is 28.6 Å². The van der Waals surface area contributed by atoms with Gasteiger partial charge in [-0.3, -0.25) is 0 Å². The number of benzene rings is 1. The highest BCUT2D eigenvalue weighted by Gasteiger charge is 2.22. The highest BCUT2D eigenvalue weighted by molar-refractivity contribution is 5.56. The lowest BCUT2D eigenvalue weighted by Gasteiger charge is -2.24. The van der Waals surface area contributed by atoms with Crippen LogP contribution >= 0.6 is 0 Å². The highest BCUT2D eigenvalue weighted by atomic mass is 16.3. The Bertz CT molecular complexity index is 845. The van der Waals surface area contributed by atoms with E-state index in [9.17, 15) is 10.2 Å². The van der Waals surface area contributed by atoms with Gasteiger partial charge in [-0.2, -0.15) is 9.61 Å². The predicted octanol–water partition coefficient (Wildman–Crippen LogP) is 2.16. The van der Waals surface area contributed by atoms with Crippen LogP contribution in [-0.2, 0) is 0 Å². The van der Waals surface area contributed by atoms with E-state index in [1.54, 1.807) is 4.52 Å². The van der Waals surface area contributed by atoms with Crippen molar-refractivity contribution in [2.45, 2.75) is 32.9 Å². The van der Waals surface area contributed by atoms with Gasteiger partial charge in [-0.25, -0.2) is 4.98 Å². The molecule has 0 amide bonds. The van der Waals surface area contributed by atoms with E-state index in [0.29, 0.717) is 5.82 Å². The number of nitrogens with one attached hydrogen (secondary N) is 1. The molecule has 0 saturated heterocycles. The van der Waals surface area contributed by atoms with E-state index in [0.717, 1.165) is 28.2 Å². The zero-order chi connectivity index (χ0) is 17.3. The molecule has 3 rings (SSSR count). The lowest BCUT2D eigenvalue weighted by molar-refractivity contribution is 0.118. The maximum absolute atomic E-state index is 10.6. The number of aliphatic hydroxyl groups is 2. The molecule has 0 radical (unpaired) electrons. The third-order valence-electron chi connectivity index (χ3n) is 4.24. The van der Waals surface area contributed by atoms with E-state index in [1.807, 2.05) is 57.2 Å². The molecule has 24 heavy (non-hydrogen) atoms. The Morgan fingerprint density at radius 3 is 2.54 bits per heavy atom. The fourth-order valence-electron chi connectivity index (χ4n) is 2.75. The van der Waals surface area contributed by atoms with Crippen molar-refractivity contribution in [3.8, 4) is 0 Å². The second kappa shape index (κ2) is 6.59. The van der Waals surface area contributed by atoms with Gasteiger partial charge in [0, 0.05) is 17.3 Å². The summed E-state index contributed by atoms with van der Waals surface area (Å²) < 4.78 is 1.72. The minimum atomic E-state index is -0.836. The molecule has 0 unspecified atom stereocenters. The van der Waals surface area contributed by atoms with Crippen molar-refractivity contribution >= 4 is 11.5 Å². The third kappa shape index (κ3) is 2.98. The molecule has 0 fully saturated rings. The average molecular weight is 326 g/mol. The van der Waals surface area contributed by atoms with Gasteiger partial charge in [-0.15, -0.1) is 0 Å². The zero-order valence-electron chi connectivity index (χ0n) is 14.1. The smallest absolute Gasteiger partial charge is 0.160 e. The largest absolute Gasteiger partial charge is 0.394 e. The zero-order valence-corrected chi connectivity index (χ0v) is 14.1. The third-order valence-corrected chi connectivity index (χ3v) is 4.24. The monoisotopic (exact) mass is 326 g/mol. The fourth-order valence-corrected chi connectivity index (χ4v) is 2.75. The Hall–Kier alpha value is -2.44. The molecule has 3 aromatic rings. The van der Waals surface area contributed by atoms with Crippen molar-refractivity contribution in [1.82, 2.24) is 14.6 Å². The molecule has 2 aromatic heterocycles. The van der Waals surface area contributed by atoms with Crippen molar-refractivity contribution in [2.24, 2.45) is 0 Å². The van der Waals surface area contributed by atoms with E-state index in [-0.39, 0.29) is 6.61 Å². The number of nitrogens with zero attached hydrogens (tertiary/aromatic N) is 3. The number of hydrogen-bond acceptors (Lipinski definition) is 5. The average Bonchev–Trinajstić information content (AvgIpc) is 2.88. The van der Waals surface area contributed by atoms with Crippen molar-refractivity contribution in [3.05, 3.63) is 58.9 Å². The van der Waals surface area contributed by atoms with Gasteiger partial charge in [-0.05, 0) is 26.3 Å². The fraction of sp³-hybridized carbons (Fsp3) is 0.333. The first-order valence-corrected chi connectivity index (χ1v) is 7.95. The summed E-state index contributed by atoms with van der Waals surface area (Å²) >= 11 is 0. The molecule has 2 atom stereocenters. The number of fused-ring (bicyclic) bond motifs is 1. The van der Waals surface area contributed by atoms with Crippen LogP contribution < -0.4 is 5.32 Å². The number of rotatable bonds is 5. The lowest BCUT2D eigenvalue weighted by Crippen LogP contribution is -2.32. The maximum atomic E-state index is 10.6. The van der Waals surface area contributed by atoms with Gasteiger partial charge in [0.05, 0.1) is 18.3 Å². The molecule has 3 N–H and O–H groups in total. The molecule has 6 nitrogen and oxygen atoms in total. The van der Waals surface area contributed by atoms with Gasteiger partial charge in [0.2, 0.25) is 0 Å². The van der Waals surface area contributed by atoms with Crippen LogP contribution in [0.25, 0.3) is 5.65 Å². The number of aliphatic hydroxyl groups excluding tert-OH is 2. The normalized spacial score (nSPS) is 13.9. The number of aryl methyl sites for hydroxylation is 3. The number of aromatic nitrogens is 3. The van der Waals surface area contributed by atoms with Crippen LogP contribution in [0.3, 0.4) is 0 Å². The molecule has 0 aliphatic carbocycles. The Kier molecular flexibility index (Phi) is 4.51. The Morgan fingerprint density at radius 1 is 1.17 bits per heavy atom. The van der Waals surface area contributed by atoms with Crippen molar-refractivity contribution < 1.29 is 10.2 Å². The standard InChI is InChI=1S/C18H22N4O2/c1-11-9-16(22-18(19-11)12(2)13(3)21-22)20-15(10-23)17(24)14-7-5-4-6-8-14/h4-9,15,17,20,23-24H,10H2,1-3H3/t15-,17-/m0/s1. The minimum Gasteiger partial charge on any atom is -0.394 e. The first kappa shape index (κ1) is 16.4. The molecular formula is C18H22N4O2. The van der Waals surface area contributed by atoms with Crippen LogP contribution in [0.2, 0.25) is 0 Å². The van der Waals surface area contributed by atoms with Crippen LogP contribution in [-0.4, -0.2) is 37.5 Å². The summed E-state index contributed by atoms with van der Waals surface area (Å²) in [7, 11) is 0. The maximum Gasteiger partial charge on any atom is 0.160 e. The molecule has 0 aliphatic heterocycles. The summed E-state index contributed by atoms with van der Waals surface area (Å²) in [4.78, 5) is 4.53. The molecular weight excluding hydrogens is 304 g/mol. The summed E-state index contributed by atoms with van der Waals surface area (Å²) in [5, 5.41) is 28.0. The summed E-state index contributed by atoms with van der Waals surface area (Å²) in [6.45, 7) is 5.62. The molecule has 6 heteroatoms. The van der Waals surface area contributed by atoms with Gasteiger partial charge >= 0.3 is 0 Å². The molecule has 2 heterocycles. The van der Waals surface area contributed by atoms with E-state index in [2.05, 4.69) is 15.4 Å². The van der Waals surface area contributed by atoms with Crippen LogP contribution in [0.4, 0.5) is 5.82 Å².